The Balaban J connectivity index is 2.78. The van der Waals surface area contributed by atoms with Crippen LogP contribution in [0.3, 0.4) is 0 Å². The van der Waals surface area contributed by atoms with Crippen LogP contribution in [-0.2, 0) is 4.74 Å². The highest BCUT2D eigenvalue weighted by Crippen LogP contribution is 2.36. The second-order valence-electron chi connectivity index (χ2n) is 8.75. The summed E-state index contributed by atoms with van der Waals surface area (Å²) in [6.07, 6.45) is 2.55. The lowest BCUT2D eigenvalue weighted by molar-refractivity contribution is -0.108. The monoisotopic (exact) mass is 340 g/mol. The highest BCUT2D eigenvalue weighted by Gasteiger charge is 2.40. The molecule has 1 aliphatic rings. The maximum atomic E-state index is 5.45. The summed E-state index contributed by atoms with van der Waals surface area (Å²) in [5, 5.41) is 0. The first-order chi connectivity index (χ1) is 11.1. The molecule has 0 aromatic rings. The van der Waals surface area contributed by atoms with E-state index in [0.29, 0.717) is 23.4 Å². The van der Waals surface area contributed by atoms with E-state index in [1.165, 1.54) is 12.8 Å². The standard InChI is InChI=1S/C21H44N2O/c1-10-22(11-2)21(9,17(4)5)14-13-18(6)20(7,8)23(12-3)19-15-24-16-19/h17-19H,10-16H2,1-9H3. The SMILES string of the molecule is CCN(C1COC1)C(C)(C)C(C)CCC(C)(C(C)C)N(CC)CC. The highest BCUT2D eigenvalue weighted by atomic mass is 16.5. The van der Waals surface area contributed by atoms with Crippen molar-refractivity contribution < 1.29 is 4.74 Å². The van der Waals surface area contributed by atoms with Crippen LogP contribution in [0.5, 0.6) is 0 Å². The lowest BCUT2D eigenvalue weighted by Gasteiger charge is -2.51. The van der Waals surface area contributed by atoms with Crippen LogP contribution >= 0.6 is 0 Å². The van der Waals surface area contributed by atoms with Crippen molar-refractivity contribution >= 4 is 0 Å². The number of hydrogen-bond acceptors (Lipinski definition) is 3. The fourth-order valence-corrected chi connectivity index (χ4v) is 4.44. The zero-order chi connectivity index (χ0) is 18.5. The van der Waals surface area contributed by atoms with Gasteiger partial charge in [0.05, 0.1) is 19.3 Å². The summed E-state index contributed by atoms with van der Waals surface area (Å²) < 4.78 is 5.45. The van der Waals surface area contributed by atoms with Gasteiger partial charge in [-0.25, -0.2) is 0 Å². The van der Waals surface area contributed by atoms with Crippen molar-refractivity contribution in [2.75, 3.05) is 32.8 Å². The number of rotatable bonds is 11. The maximum absolute atomic E-state index is 5.45. The van der Waals surface area contributed by atoms with Gasteiger partial charge in [-0.3, -0.25) is 9.80 Å². The van der Waals surface area contributed by atoms with Gasteiger partial charge in [0, 0.05) is 11.1 Å². The average Bonchev–Trinajstić information content (AvgIpc) is 2.48. The van der Waals surface area contributed by atoms with Crippen molar-refractivity contribution in [3.63, 3.8) is 0 Å². The van der Waals surface area contributed by atoms with Crippen molar-refractivity contribution in [2.45, 2.75) is 92.3 Å². The predicted octanol–water partition coefficient (Wildman–Crippen LogP) is 4.66. The minimum absolute atomic E-state index is 0.227. The molecule has 0 spiro atoms. The Labute approximate surface area is 152 Å². The summed E-state index contributed by atoms with van der Waals surface area (Å²) in [6, 6.07) is 0.617. The molecule has 144 valence electrons. The Hall–Kier alpha value is -0.120. The fraction of sp³-hybridized carbons (Fsp3) is 1.00. The zero-order valence-corrected chi connectivity index (χ0v) is 18.0. The minimum atomic E-state index is 0.227. The van der Waals surface area contributed by atoms with Crippen LogP contribution in [0.15, 0.2) is 0 Å². The summed E-state index contributed by atoms with van der Waals surface area (Å²) in [5.74, 6) is 1.35. The fourth-order valence-electron chi connectivity index (χ4n) is 4.44. The number of likely N-dealkylation sites (N-methyl/N-ethyl adjacent to an activating group) is 1. The van der Waals surface area contributed by atoms with Gasteiger partial charge < -0.3 is 4.74 Å². The summed E-state index contributed by atoms with van der Waals surface area (Å²) in [6.45, 7) is 26.7. The second-order valence-corrected chi connectivity index (χ2v) is 8.75. The molecule has 3 heteroatoms. The Kier molecular flexibility index (Phi) is 8.22. The van der Waals surface area contributed by atoms with Crippen LogP contribution in [0.2, 0.25) is 0 Å². The molecule has 0 amide bonds. The molecule has 0 N–H and O–H groups in total. The molecule has 1 heterocycles. The summed E-state index contributed by atoms with van der Waals surface area (Å²) >= 11 is 0. The molecule has 0 bridgehead atoms. The highest BCUT2D eigenvalue weighted by molar-refractivity contribution is 4.95. The van der Waals surface area contributed by atoms with Gasteiger partial charge in [-0.2, -0.15) is 0 Å². The van der Waals surface area contributed by atoms with Gasteiger partial charge in [0.15, 0.2) is 0 Å². The van der Waals surface area contributed by atoms with E-state index in [1.54, 1.807) is 0 Å². The van der Waals surface area contributed by atoms with E-state index in [2.05, 4.69) is 72.1 Å². The van der Waals surface area contributed by atoms with Gasteiger partial charge >= 0.3 is 0 Å². The third-order valence-electron chi connectivity index (χ3n) is 7.16. The Morgan fingerprint density at radius 1 is 0.958 bits per heavy atom. The third kappa shape index (κ3) is 4.53. The van der Waals surface area contributed by atoms with Crippen molar-refractivity contribution in [1.29, 1.82) is 0 Å². The van der Waals surface area contributed by atoms with Crippen molar-refractivity contribution in [2.24, 2.45) is 11.8 Å². The molecule has 2 unspecified atom stereocenters. The molecule has 3 nitrogen and oxygen atoms in total. The smallest absolute Gasteiger partial charge is 0.0645 e. The van der Waals surface area contributed by atoms with Gasteiger partial charge in [-0.05, 0) is 65.1 Å². The van der Waals surface area contributed by atoms with Gasteiger partial charge in [-0.15, -0.1) is 0 Å². The summed E-state index contributed by atoms with van der Waals surface area (Å²) in [7, 11) is 0. The summed E-state index contributed by atoms with van der Waals surface area (Å²) in [4.78, 5) is 5.33. The molecule has 1 fully saturated rings. The Bertz CT molecular complexity index is 361. The maximum Gasteiger partial charge on any atom is 0.0645 e. The molecule has 1 aliphatic heterocycles. The van der Waals surface area contributed by atoms with Gasteiger partial charge in [-0.1, -0.05) is 41.5 Å². The normalized spacial score (nSPS) is 20.5. The van der Waals surface area contributed by atoms with Crippen LogP contribution in [0, 0.1) is 11.8 Å². The van der Waals surface area contributed by atoms with E-state index >= 15 is 0 Å². The van der Waals surface area contributed by atoms with Crippen molar-refractivity contribution in [3.05, 3.63) is 0 Å². The number of hydrogen-bond donors (Lipinski definition) is 0. The Morgan fingerprint density at radius 3 is 1.83 bits per heavy atom. The third-order valence-corrected chi connectivity index (χ3v) is 7.16. The molecule has 0 aromatic carbocycles. The van der Waals surface area contributed by atoms with Crippen LogP contribution in [0.1, 0.15) is 75.2 Å². The molecule has 24 heavy (non-hydrogen) atoms. The quantitative estimate of drug-likeness (QED) is 0.544. The number of nitrogens with zero attached hydrogens (tertiary/aromatic N) is 2. The second kappa shape index (κ2) is 9.00. The van der Waals surface area contributed by atoms with Gasteiger partial charge in [0.1, 0.15) is 0 Å². The van der Waals surface area contributed by atoms with Crippen LogP contribution in [-0.4, -0.2) is 59.8 Å². The van der Waals surface area contributed by atoms with E-state index in [0.717, 1.165) is 32.8 Å². The molecule has 0 aromatic heterocycles. The lowest BCUT2D eigenvalue weighted by atomic mass is 9.76. The first-order valence-corrected chi connectivity index (χ1v) is 10.2. The van der Waals surface area contributed by atoms with Gasteiger partial charge in [0.2, 0.25) is 0 Å². The molecular weight excluding hydrogens is 296 g/mol. The van der Waals surface area contributed by atoms with Crippen molar-refractivity contribution in [1.82, 2.24) is 9.80 Å². The first-order valence-electron chi connectivity index (χ1n) is 10.2. The van der Waals surface area contributed by atoms with E-state index in [4.69, 9.17) is 4.74 Å². The van der Waals surface area contributed by atoms with E-state index in [1.807, 2.05) is 0 Å². The Morgan fingerprint density at radius 2 is 1.50 bits per heavy atom. The minimum Gasteiger partial charge on any atom is -0.378 e. The van der Waals surface area contributed by atoms with Crippen LogP contribution in [0.4, 0.5) is 0 Å². The molecule has 0 radical (unpaired) electrons. The average molecular weight is 341 g/mol. The molecule has 1 rings (SSSR count). The summed E-state index contributed by atoms with van der Waals surface area (Å²) in [5.41, 5.74) is 0.523. The van der Waals surface area contributed by atoms with Gasteiger partial charge in [0.25, 0.3) is 0 Å². The first kappa shape index (κ1) is 21.9. The van der Waals surface area contributed by atoms with E-state index < -0.39 is 0 Å². The molecule has 0 saturated carbocycles. The zero-order valence-electron chi connectivity index (χ0n) is 18.0. The predicted molar refractivity (Wildman–Crippen MR) is 106 cm³/mol. The molecular formula is C21H44N2O. The van der Waals surface area contributed by atoms with Crippen molar-refractivity contribution in [3.8, 4) is 0 Å². The molecule has 0 aliphatic carbocycles. The topological polar surface area (TPSA) is 15.7 Å². The largest absolute Gasteiger partial charge is 0.378 e. The van der Waals surface area contributed by atoms with E-state index in [-0.39, 0.29) is 5.54 Å². The lowest BCUT2D eigenvalue weighted by Crippen LogP contribution is -2.60. The van der Waals surface area contributed by atoms with E-state index in [9.17, 15) is 0 Å². The molecule has 1 saturated heterocycles. The molecule has 2 atom stereocenters. The van der Waals surface area contributed by atoms with Crippen LogP contribution in [0.25, 0.3) is 0 Å². The van der Waals surface area contributed by atoms with Crippen LogP contribution < -0.4 is 0 Å². The number of ether oxygens (including phenoxy) is 1.